The van der Waals surface area contributed by atoms with Gasteiger partial charge in [0.15, 0.2) is 0 Å². The number of fused-ring (bicyclic) bond motifs is 1. The summed E-state index contributed by atoms with van der Waals surface area (Å²) in [6, 6.07) is 7.27. The Labute approximate surface area is 105 Å². The molecule has 1 aromatic heterocycles. The fourth-order valence-corrected chi connectivity index (χ4v) is 2.89. The minimum absolute atomic E-state index is 0.149. The first-order valence-electron chi connectivity index (χ1n) is 5.06. The summed E-state index contributed by atoms with van der Waals surface area (Å²) < 4.78 is 24.8. The summed E-state index contributed by atoms with van der Waals surface area (Å²) in [5.41, 5.74) is 1.79. The van der Waals surface area contributed by atoms with Gasteiger partial charge in [-0.2, -0.15) is 0 Å². The van der Waals surface area contributed by atoms with E-state index in [4.69, 9.17) is 10.7 Å². The van der Waals surface area contributed by atoms with Gasteiger partial charge in [0.25, 0.3) is 9.05 Å². The van der Waals surface area contributed by atoms with Gasteiger partial charge in [-0.15, -0.1) is 0 Å². The van der Waals surface area contributed by atoms with Crippen LogP contribution in [0, 0.1) is 0 Å². The van der Waals surface area contributed by atoms with Gasteiger partial charge < -0.3 is 4.57 Å². The Morgan fingerprint density at radius 3 is 2.65 bits per heavy atom. The van der Waals surface area contributed by atoms with Crippen LogP contribution in [0.3, 0.4) is 0 Å². The second-order valence-electron chi connectivity index (χ2n) is 4.03. The summed E-state index contributed by atoms with van der Waals surface area (Å²) >= 11 is 0. The Morgan fingerprint density at radius 1 is 1.41 bits per heavy atom. The van der Waals surface area contributed by atoms with Crippen molar-refractivity contribution in [3.05, 3.63) is 42.6 Å². The molecule has 0 unspecified atom stereocenters. The van der Waals surface area contributed by atoms with Crippen LogP contribution in [0.15, 0.2) is 47.5 Å². The molecule has 0 aliphatic carbocycles. The van der Waals surface area contributed by atoms with E-state index < -0.39 is 9.05 Å². The van der Waals surface area contributed by atoms with Gasteiger partial charge in [0, 0.05) is 34.3 Å². The Hall–Kier alpha value is -1.26. The van der Waals surface area contributed by atoms with Crippen LogP contribution in [0.1, 0.15) is 6.92 Å². The highest BCUT2D eigenvalue weighted by molar-refractivity contribution is 8.14. The largest absolute Gasteiger partial charge is 0.342 e. The first kappa shape index (κ1) is 12.2. The van der Waals surface area contributed by atoms with Crippen LogP contribution >= 0.6 is 10.7 Å². The molecule has 0 aliphatic heterocycles. The molecule has 0 radical (unpaired) electrons. The Morgan fingerprint density at radius 2 is 2.06 bits per heavy atom. The normalized spacial score (nSPS) is 11.9. The van der Waals surface area contributed by atoms with Crippen LogP contribution in [0.2, 0.25) is 0 Å². The average molecular weight is 270 g/mol. The highest BCUT2D eigenvalue weighted by Crippen LogP contribution is 2.28. The Bertz CT molecular complexity index is 686. The van der Waals surface area contributed by atoms with E-state index in [9.17, 15) is 8.42 Å². The van der Waals surface area contributed by atoms with Gasteiger partial charge in [-0.25, -0.2) is 8.42 Å². The molecule has 0 N–H and O–H groups in total. The maximum atomic E-state index is 11.5. The van der Waals surface area contributed by atoms with Crippen LogP contribution in [0.25, 0.3) is 10.9 Å². The van der Waals surface area contributed by atoms with Crippen molar-refractivity contribution in [2.45, 2.75) is 18.4 Å². The molecule has 0 amide bonds. The summed E-state index contributed by atoms with van der Waals surface area (Å²) in [5.74, 6) is 0. The maximum absolute atomic E-state index is 11.5. The zero-order valence-corrected chi connectivity index (χ0v) is 10.9. The second kappa shape index (κ2) is 4.20. The zero-order chi connectivity index (χ0) is 12.6. The minimum atomic E-state index is -3.72. The number of allylic oxidation sites excluding steroid dienone is 1. The van der Waals surface area contributed by atoms with Crippen molar-refractivity contribution in [1.82, 2.24) is 4.57 Å². The molecule has 0 spiro atoms. The third-order valence-electron chi connectivity index (χ3n) is 2.45. The van der Waals surface area contributed by atoms with Crippen LogP contribution in [-0.2, 0) is 15.6 Å². The van der Waals surface area contributed by atoms with Gasteiger partial charge in [-0.3, -0.25) is 0 Å². The smallest absolute Gasteiger partial charge is 0.263 e. The van der Waals surface area contributed by atoms with Crippen LogP contribution in [-0.4, -0.2) is 13.0 Å². The van der Waals surface area contributed by atoms with Crippen molar-refractivity contribution >= 4 is 30.6 Å². The van der Waals surface area contributed by atoms with Crippen LogP contribution < -0.4 is 0 Å². The zero-order valence-electron chi connectivity index (χ0n) is 9.35. The second-order valence-corrected chi connectivity index (χ2v) is 6.57. The summed E-state index contributed by atoms with van der Waals surface area (Å²) in [6.07, 6.45) is 1.56. The van der Waals surface area contributed by atoms with E-state index in [0.717, 1.165) is 11.1 Å². The van der Waals surface area contributed by atoms with E-state index in [-0.39, 0.29) is 4.90 Å². The van der Waals surface area contributed by atoms with Crippen molar-refractivity contribution in [2.75, 3.05) is 0 Å². The molecule has 17 heavy (non-hydrogen) atoms. The Balaban J connectivity index is 2.75. The summed E-state index contributed by atoms with van der Waals surface area (Å²) in [4.78, 5) is 0.149. The SMILES string of the molecule is C=C(C)Cn1cc(S(=O)(=O)Cl)c2ccccc21. The van der Waals surface area contributed by atoms with E-state index in [1.165, 1.54) is 0 Å². The molecular weight excluding hydrogens is 258 g/mol. The molecule has 2 rings (SSSR count). The van der Waals surface area contributed by atoms with Gasteiger partial charge in [0.2, 0.25) is 0 Å². The van der Waals surface area contributed by atoms with Gasteiger partial charge >= 0.3 is 0 Å². The molecule has 0 bridgehead atoms. The molecule has 5 heteroatoms. The molecular formula is C12H12ClNO2S. The van der Waals surface area contributed by atoms with Crippen molar-refractivity contribution < 1.29 is 8.42 Å². The van der Waals surface area contributed by atoms with Gasteiger partial charge in [-0.1, -0.05) is 30.4 Å². The number of halogens is 1. The lowest BCUT2D eigenvalue weighted by Gasteiger charge is -2.03. The predicted octanol–water partition coefficient (Wildman–Crippen LogP) is 3.14. The Kier molecular flexibility index (Phi) is 3.02. The number of para-hydroxylation sites is 1. The molecule has 0 saturated heterocycles. The average Bonchev–Trinajstić information content (AvgIpc) is 2.56. The first-order chi connectivity index (χ1) is 7.89. The van der Waals surface area contributed by atoms with E-state index >= 15 is 0 Å². The van der Waals surface area contributed by atoms with E-state index in [2.05, 4.69) is 6.58 Å². The lowest BCUT2D eigenvalue weighted by molar-refractivity contribution is 0.610. The molecule has 1 aromatic carbocycles. The quantitative estimate of drug-likeness (QED) is 0.634. The summed E-state index contributed by atoms with van der Waals surface area (Å²) in [5, 5.41) is 0.642. The van der Waals surface area contributed by atoms with Crippen LogP contribution in [0.5, 0.6) is 0 Å². The van der Waals surface area contributed by atoms with Crippen LogP contribution in [0.4, 0.5) is 0 Å². The number of rotatable bonds is 3. The highest BCUT2D eigenvalue weighted by Gasteiger charge is 2.18. The fourth-order valence-electron chi connectivity index (χ4n) is 1.83. The number of aromatic nitrogens is 1. The first-order valence-corrected chi connectivity index (χ1v) is 7.37. The topological polar surface area (TPSA) is 39.1 Å². The van der Waals surface area contributed by atoms with Gasteiger partial charge in [-0.05, 0) is 13.0 Å². The molecule has 2 aromatic rings. The van der Waals surface area contributed by atoms with Crippen molar-refractivity contribution in [2.24, 2.45) is 0 Å². The lowest BCUT2D eigenvalue weighted by Crippen LogP contribution is -1.96. The molecule has 0 atom stereocenters. The predicted molar refractivity (Wildman–Crippen MR) is 69.8 cm³/mol. The number of benzene rings is 1. The third kappa shape index (κ3) is 2.37. The van der Waals surface area contributed by atoms with E-state index in [1.807, 2.05) is 23.6 Å². The summed E-state index contributed by atoms with van der Waals surface area (Å²) in [7, 11) is 1.70. The number of hydrogen-bond donors (Lipinski definition) is 0. The molecule has 3 nitrogen and oxygen atoms in total. The van der Waals surface area contributed by atoms with Crippen molar-refractivity contribution in [3.8, 4) is 0 Å². The maximum Gasteiger partial charge on any atom is 0.263 e. The molecule has 0 fully saturated rings. The molecule has 0 saturated carbocycles. The number of hydrogen-bond acceptors (Lipinski definition) is 2. The fraction of sp³-hybridized carbons (Fsp3) is 0.167. The third-order valence-corrected chi connectivity index (χ3v) is 3.80. The minimum Gasteiger partial charge on any atom is -0.342 e. The molecule has 1 heterocycles. The van der Waals surface area contributed by atoms with E-state index in [0.29, 0.717) is 11.9 Å². The highest BCUT2D eigenvalue weighted by atomic mass is 35.7. The number of nitrogens with zero attached hydrogens (tertiary/aromatic N) is 1. The van der Waals surface area contributed by atoms with Crippen molar-refractivity contribution in [3.63, 3.8) is 0 Å². The monoisotopic (exact) mass is 269 g/mol. The van der Waals surface area contributed by atoms with Crippen molar-refractivity contribution in [1.29, 1.82) is 0 Å². The standard InChI is InChI=1S/C12H12ClNO2S/c1-9(2)7-14-8-12(17(13,15)16)10-5-3-4-6-11(10)14/h3-6,8H,1,7H2,2H3. The lowest BCUT2D eigenvalue weighted by atomic mass is 10.2. The van der Waals surface area contributed by atoms with E-state index in [1.54, 1.807) is 18.3 Å². The summed E-state index contributed by atoms with van der Waals surface area (Å²) in [6.45, 7) is 6.29. The molecule has 0 aliphatic rings. The molecule has 90 valence electrons. The van der Waals surface area contributed by atoms with Gasteiger partial charge in [0.1, 0.15) is 4.90 Å². The van der Waals surface area contributed by atoms with Gasteiger partial charge in [0.05, 0.1) is 0 Å².